The summed E-state index contributed by atoms with van der Waals surface area (Å²) < 4.78 is 11.2. The predicted molar refractivity (Wildman–Crippen MR) is 104 cm³/mol. The van der Waals surface area contributed by atoms with E-state index in [1.807, 2.05) is 30.3 Å². The third kappa shape index (κ3) is 4.33. The van der Waals surface area contributed by atoms with Gasteiger partial charge in [0.05, 0.1) is 6.61 Å². The quantitative estimate of drug-likeness (QED) is 0.684. The van der Waals surface area contributed by atoms with Gasteiger partial charge in [0.25, 0.3) is 0 Å². The fraction of sp³-hybridized carbons (Fsp3) is 0.0909. The maximum absolute atomic E-state index is 12.2. The summed E-state index contributed by atoms with van der Waals surface area (Å²) in [5.74, 6) is 2.06. The number of pyridine rings is 1. The molecule has 0 fully saturated rings. The fourth-order valence-electron chi connectivity index (χ4n) is 2.85. The van der Waals surface area contributed by atoms with Crippen molar-refractivity contribution in [2.75, 3.05) is 11.9 Å². The number of benzene rings is 2. The molecule has 0 radical (unpaired) electrons. The van der Waals surface area contributed by atoms with E-state index < -0.39 is 0 Å². The summed E-state index contributed by atoms with van der Waals surface area (Å²) in [5, 5.41) is 2.85. The van der Waals surface area contributed by atoms with Crippen molar-refractivity contribution >= 4 is 17.7 Å². The van der Waals surface area contributed by atoms with Crippen LogP contribution in [0.15, 0.2) is 73.1 Å². The second kappa shape index (κ2) is 7.74. The zero-order valence-electron chi connectivity index (χ0n) is 14.6. The SMILES string of the molecule is O=C(C=Cc1ccc2c(c1)CCO2)Nc1cccc(Oc2ccncc2)c1. The molecule has 0 bridgehead atoms. The van der Waals surface area contributed by atoms with E-state index in [9.17, 15) is 4.79 Å². The van der Waals surface area contributed by atoms with Crippen LogP contribution in [0.5, 0.6) is 17.2 Å². The van der Waals surface area contributed by atoms with E-state index in [-0.39, 0.29) is 5.91 Å². The summed E-state index contributed by atoms with van der Waals surface area (Å²) in [6.07, 6.45) is 7.56. The summed E-state index contributed by atoms with van der Waals surface area (Å²) in [6, 6.07) is 16.7. The maximum atomic E-state index is 12.2. The first-order valence-corrected chi connectivity index (χ1v) is 8.69. The van der Waals surface area contributed by atoms with Crippen LogP contribution in [-0.4, -0.2) is 17.5 Å². The molecule has 0 spiro atoms. The molecule has 0 atom stereocenters. The second-order valence-corrected chi connectivity index (χ2v) is 6.10. The number of carbonyl (C=O) groups excluding carboxylic acids is 1. The topological polar surface area (TPSA) is 60.5 Å². The lowest BCUT2D eigenvalue weighted by atomic mass is 10.1. The third-order valence-electron chi connectivity index (χ3n) is 4.13. The van der Waals surface area contributed by atoms with Crippen molar-refractivity contribution in [3.05, 3.63) is 84.2 Å². The van der Waals surface area contributed by atoms with Gasteiger partial charge in [0.1, 0.15) is 17.2 Å². The molecule has 2 aromatic carbocycles. The van der Waals surface area contributed by atoms with Gasteiger partial charge in [-0.15, -0.1) is 0 Å². The number of rotatable bonds is 5. The van der Waals surface area contributed by atoms with E-state index in [1.54, 1.807) is 36.7 Å². The van der Waals surface area contributed by atoms with Crippen LogP contribution in [0.25, 0.3) is 6.08 Å². The zero-order chi connectivity index (χ0) is 18.5. The second-order valence-electron chi connectivity index (χ2n) is 6.10. The largest absolute Gasteiger partial charge is 0.493 e. The minimum atomic E-state index is -0.201. The number of nitrogens with one attached hydrogen (secondary N) is 1. The van der Waals surface area contributed by atoms with Crippen molar-refractivity contribution < 1.29 is 14.3 Å². The molecular formula is C22H18N2O3. The summed E-state index contributed by atoms with van der Waals surface area (Å²) >= 11 is 0. The number of hydrogen-bond donors (Lipinski definition) is 1. The van der Waals surface area contributed by atoms with Crippen molar-refractivity contribution in [1.29, 1.82) is 0 Å². The Balaban J connectivity index is 1.40. The lowest BCUT2D eigenvalue weighted by Crippen LogP contribution is -2.07. The average Bonchev–Trinajstić information content (AvgIpc) is 3.15. The van der Waals surface area contributed by atoms with Crippen LogP contribution in [0.1, 0.15) is 11.1 Å². The van der Waals surface area contributed by atoms with Crippen LogP contribution >= 0.6 is 0 Å². The van der Waals surface area contributed by atoms with Crippen molar-refractivity contribution in [2.45, 2.75) is 6.42 Å². The Morgan fingerprint density at radius 1 is 1.07 bits per heavy atom. The molecule has 3 aromatic rings. The molecule has 2 heterocycles. The van der Waals surface area contributed by atoms with Crippen LogP contribution < -0.4 is 14.8 Å². The van der Waals surface area contributed by atoms with Crippen LogP contribution in [0.3, 0.4) is 0 Å². The number of carbonyl (C=O) groups is 1. The highest BCUT2D eigenvalue weighted by atomic mass is 16.5. The van der Waals surface area contributed by atoms with Gasteiger partial charge in [0, 0.05) is 36.6 Å². The molecule has 5 nitrogen and oxygen atoms in total. The van der Waals surface area contributed by atoms with Crippen LogP contribution in [-0.2, 0) is 11.2 Å². The maximum Gasteiger partial charge on any atom is 0.248 e. The molecule has 0 unspecified atom stereocenters. The number of aromatic nitrogens is 1. The van der Waals surface area contributed by atoms with Crippen LogP contribution in [0.4, 0.5) is 5.69 Å². The van der Waals surface area contributed by atoms with Gasteiger partial charge in [0.2, 0.25) is 5.91 Å². The summed E-state index contributed by atoms with van der Waals surface area (Å²) in [6.45, 7) is 0.723. The van der Waals surface area contributed by atoms with Gasteiger partial charge in [0.15, 0.2) is 0 Å². The highest BCUT2D eigenvalue weighted by Gasteiger charge is 2.11. The first kappa shape index (κ1) is 16.8. The van der Waals surface area contributed by atoms with Crippen molar-refractivity contribution in [3.63, 3.8) is 0 Å². The molecule has 27 heavy (non-hydrogen) atoms. The number of nitrogens with zero attached hydrogens (tertiary/aromatic N) is 1. The van der Waals surface area contributed by atoms with Crippen LogP contribution in [0.2, 0.25) is 0 Å². The number of amides is 1. The van der Waals surface area contributed by atoms with E-state index in [2.05, 4.69) is 16.4 Å². The first-order chi connectivity index (χ1) is 13.3. The molecule has 0 saturated heterocycles. The Morgan fingerprint density at radius 2 is 1.96 bits per heavy atom. The molecule has 1 aliphatic rings. The molecule has 134 valence electrons. The number of fused-ring (bicyclic) bond motifs is 1. The Kier molecular flexibility index (Phi) is 4.83. The lowest BCUT2D eigenvalue weighted by Gasteiger charge is -2.07. The highest BCUT2D eigenvalue weighted by molar-refractivity contribution is 6.02. The van der Waals surface area contributed by atoms with Gasteiger partial charge in [-0.3, -0.25) is 9.78 Å². The van der Waals surface area contributed by atoms with Gasteiger partial charge in [-0.25, -0.2) is 0 Å². The smallest absolute Gasteiger partial charge is 0.248 e. The Bertz CT molecular complexity index is 984. The van der Waals surface area contributed by atoms with Crippen molar-refractivity contribution in [1.82, 2.24) is 4.98 Å². The van der Waals surface area contributed by atoms with Crippen molar-refractivity contribution in [3.8, 4) is 17.2 Å². The zero-order valence-corrected chi connectivity index (χ0v) is 14.6. The van der Waals surface area contributed by atoms with Gasteiger partial charge >= 0.3 is 0 Å². The molecule has 0 saturated carbocycles. The Hall–Kier alpha value is -3.60. The Labute approximate surface area is 157 Å². The normalized spacial score (nSPS) is 12.4. The van der Waals surface area contributed by atoms with E-state index >= 15 is 0 Å². The molecule has 5 heteroatoms. The molecule has 1 aromatic heterocycles. The molecular weight excluding hydrogens is 340 g/mol. The van der Waals surface area contributed by atoms with E-state index in [1.165, 1.54) is 11.6 Å². The number of anilines is 1. The number of hydrogen-bond acceptors (Lipinski definition) is 4. The van der Waals surface area contributed by atoms with Gasteiger partial charge < -0.3 is 14.8 Å². The van der Waals surface area contributed by atoms with Gasteiger partial charge in [-0.05, 0) is 53.6 Å². The lowest BCUT2D eigenvalue weighted by molar-refractivity contribution is -0.111. The average molecular weight is 358 g/mol. The van der Waals surface area contributed by atoms with Gasteiger partial charge in [-0.1, -0.05) is 12.1 Å². The minimum absolute atomic E-state index is 0.201. The molecule has 1 amide bonds. The van der Waals surface area contributed by atoms with Crippen molar-refractivity contribution in [2.24, 2.45) is 0 Å². The molecule has 4 rings (SSSR count). The summed E-state index contributed by atoms with van der Waals surface area (Å²) in [5.41, 5.74) is 2.82. The van der Waals surface area contributed by atoms with Gasteiger partial charge in [-0.2, -0.15) is 0 Å². The predicted octanol–water partition coefficient (Wildman–Crippen LogP) is 4.46. The summed E-state index contributed by atoms with van der Waals surface area (Å²) in [4.78, 5) is 16.2. The molecule has 1 aliphatic heterocycles. The van der Waals surface area contributed by atoms with E-state index in [4.69, 9.17) is 9.47 Å². The number of ether oxygens (including phenoxy) is 2. The third-order valence-corrected chi connectivity index (χ3v) is 4.13. The summed E-state index contributed by atoms with van der Waals surface area (Å²) in [7, 11) is 0. The molecule has 1 N–H and O–H groups in total. The standard InChI is InChI=1S/C22H18N2O3/c25-22(7-5-16-4-6-21-17(14-16)10-13-26-21)24-18-2-1-3-20(15-18)27-19-8-11-23-12-9-19/h1-9,11-12,14-15H,10,13H2,(H,24,25). The van der Waals surface area contributed by atoms with E-state index in [0.29, 0.717) is 17.2 Å². The first-order valence-electron chi connectivity index (χ1n) is 8.69. The minimum Gasteiger partial charge on any atom is -0.493 e. The monoisotopic (exact) mass is 358 g/mol. The fourth-order valence-corrected chi connectivity index (χ4v) is 2.85. The molecule has 0 aliphatic carbocycles. The highest BCUT2D eigenvalue weighted by Crippen LogP contribution is 2.26. The van der Waals surface area contributed by atoms with E-state index in [0.717, 1.165) is 24.3 Å². The Morgan fingerprint density at radius 3 is 2.85 bits per heavy atom. The van der Waals surface area contributed by atoms with Crippen LogP contribution in [0, 0.1) is 0 Å².